The Morgan fingerprint density at radius 1 is 1.12 bits per heavy atom. The van der Waals surface area contributed by atoms with Gasteiger partial charge in [-0.25, -0.2) is 9.97 Å². The van der Waals surface area contributed by atoms with Crippen molar-refractivity contribution in [3.8, 4) is 12.3 Å². The van der Waals surface area contributed by atoms with E-state index < -0.39 is 0 Å². The van der Waals surface area contributed by atoms with Crippen molar-refractivity contribution >= 4 is 39.2 Å². The van der Waals surface area contributed by atoms with Gasteiger partial charge in [0.1, 0.15) is 11.5 Å². The summed E-state index contributed by atoms with van der Waals surface area (Å²) in [6, 6.07) is 5.30. The number of nitrogens with two attached hydrogens (primary N) is 1. The largest absolute Gasteiger partial charge is 0.383 e. The Kier molecular flexibility index (Phi) is 4.71. The molecule has 162 valence electrons. The lowest BCUT2D eigenvalue weighted by Crippen LogP contribution is -2.31. The fraction of sp³-hybridized carbons (Fsp3) is 0.130. The average Bonchev–Trinajstić information content (AvgIpc) is 3.43. The molecule has 0 bridgehead atoms. The van der Waals surface area contributed by atoms with Crippen LogP contribution in [0.1, 0.15) is 21.7 Å². The number of amides is 1. The topological polar surface area (TPSA) is 121 Å². The maximum Gasteiger partial charge on any atom is 0.277 e. The first-order valence-corrected chi connectivity index (χ1v) is 10.0. The number of nitrogens with zero attached hydrogens (tertiary/aromatic N) is 8. The fourth-order valence-corrected chi connectivity index (χ4v) is 3.71. The van der Waals surface area contributed by atoms with E-state index in [0.29, 0.717) is 28.3 Å². The van der Waals surface area contributed by atoms with E-state index in [1.165, 1.54) is 0 Å². The van der Waals surface area contributed by atoms with Gasteiger partial charge in [0, 0.05) is 37.4 Å². The van der Waals surface area contributed by atoms with Crippen LogP contribution in [0.25, 0.3) is 21.8 Å². The Morgan fingerprint density at radius 3 is 2.67 bits per heavy atom. The number of pyridine rings is 3. The molecule has 10 heteroatoms. The van der Waals surface area contributed by atoms with Crippen molar-refractivity contribution in [2.45, 2.75) is 6.54 Å². The lowest BCUT2D eigenvalue weighted by Gasteiger charge is -2.20. The molecule has 0 saturated carbocycles. The van der Waals surface area contributed by atoms with Crippen molar-refractivity contribution in [1.29, 1.82) is 0 Å². The molecule has 0 spiro atoms. The first-order valence-electron chi connectivity index (χ1n) is 10.0. The van der Waals surface area contributed by atoms with Crippen molar-refractivity contribution in [2.75, 3.05) is 10.6 Å². The number of rotatable bonds is 4. The zero-order valence-electron chi connectivity index (χ0n) is 18.0. The summed E-state index contributed by atoms with van der Waals surface area (Å²) in [4.78, 5) is 28.4. The Hall–Kier alpha value is -4.78. The number of hydrogen-bond donors (Lipinski definition) is 1. The summed E-state index contributed by atoms with van der Waals surface area (Å²) in [5.41, 5.74) is 9.65. The summed E-state index contributed by atoms with van der Waals surface area (Å²) in [5.74, 6) is 2.60. The van der Waals surface area contributed by atoms with E-state index in [1.807, 2.05) is 7.05 Å². The fourth-order valence-electron chi connectivity index (χ4n) is 3.71. The molecular formula is C23H19N9O. The summed E-state index contributed by atoms with van der Waals surface area (Å²) in [7, 11) is 3.60. The molecule has 0 aliphatic rings. The van der Waals surface area contributed by atoms with Gasteiger partial charge in [-0.05, 0) is 18.2 Å². The molecule has 33 heavy (non-hydrogen) atoms. The zero-order chi connectivity index (χ0) is 23.1. The lowest BCUT2D eigenvalue weighted by atomic mass is 10.1. The average molecular weight is 437 g/mol. The van der Waals surface area contributed by atoms with Gasteiger partial charge in [0.15, 0.2) is 0 Å². The lowest BCUT2D eigenvalue weighted by molar-refractivity contribution is 0.0980. The molecule has 5 aromatic rings. The molecule has 0 atom stereocenters. The highest BCUT2D eigenvalue weighted by Crippen LogP contribution is 2.28. The van der Waals surface area contributed by atoms with E-state index in [9.17, 15) is 4.79 Å². The third kappa shape index (κ3) is 3.51. The van der Waals surface area contributed by atoms with E-state index in [2.05, 4.69) is 31.1 Å². The van der Waals surface area contributed by atoms with Crippen molar-refractivity contribution in [1.82, 2.24) is 34.5 Å². The van der Waals surface area contributed by atoms with Crippen LogP contribution < -0.4 is 10.6 Å². The van der Waals surface area contributed by atoms with Crippen LogP contribution in [0.5, 0.6) is 0 Å². The minimum absolute atomic E-state index is 0.218. The second-order valence-corrected chi connectivity index (χ2v) is 7.56. The van der Waals surface area contributed by atoms with Crippen molar-refractivity contribution in [2.24, 2.45) is 14.1 Å². The minimum Gasteiger partial charge on any atom is -0.383 e. The number of fused-ring (bicyclic) bond motifs is 3. The van der Waals surface area contributed by atoms with Crippen molar-refractivity contribution in [3.05, 3.63) is 66.1 Å². The number of aryl methyl sites for hydroxylation is 2. The van der Waals surface area contributed by atoms with E-state index in [-0.39, 0.29) is 18.1 Å². The normalized spacial score (nSPS) is 11.1. The molecule has 0 fully saturated rings. The summed E-state index contributed by atoms with van der Waals surface area (Å²) in [6.45, 7) is 0.218. The SMILES string of the molecule is C#Cc1ccc(CN(C(=O)c2cc3c(cn2)nc(N)c2cnn(C)c23)c2cnn(C)c2)nc1. The Labute approximate surface area is 188 Å². The number of hydrogen-bond acceptors (Lipinski definition) is 7. The highest BCUT2D eigenvalue weighted by molar-refractivity contribution is 6.11. The predicted octanol–water partition coefficient (Wildman–Crippen LogP) is 2.06. The summed E-state index contributed by atoms with van der Waals surface area (Å²) < 4.78 is 3.34. The van der Waals surface area contributed by atoms with Crippen molar-refractivity contribution < 1.29 is 4.79 Å². The summed E-state index contributed by atoms with van der Waals surface area (Å²) in [5, 5.41) is 9.95. The minimum atomic E-state index is -0.306. The number of anilines is 2. The summed E-state index contributed by atoms with van der Waals surface area (Å²) in [6.07, 6.45) is 13.6. The Balaban J connectivity index is 1.60. The molecule has 5 heterocycles. The van der Waals surface area contributed by atoms with E-state index in [1.54, 1.807) is 70.5 Å². The molecule has 0 radical (unpaired) electrons. The number of nitrogen functional groups attached to an aromatic ring is 1. The summed E-state index contributed by atoms with van der Waals surface area (Å²) >= 11 is 0. The first kappa shape index (κ1) is 20.1. The quantitative estimate of drug-likeness (QED) is 0.427. The third-order valence-electron chi connectivity index (χ3n) is 5.37. The van der Waals surface area contributed by atoms with Gasteiger partial charge in [-0.3, -0.25) is 24.0 Å². The first-order chi connectivity index (χ1) is 15.9. The van der Waals surface area contributed by atoms with E-state index in [0.717, 1.165) is 16.3 Å². The van der Waals surface area contributed by atoms with E-state index in [4.69, 9.17) is 12.2 Å². The molecule has 5 aromatic heterocycles. The highest BCUT2D eigenvalue weighted by atomic mass is 16.2. The standard InChI is InChI=1S/C23H19N9O/c1-4-14-5-6-15(25-8-14)12-32(16-9-27-30(2)13-16)23(33)19-7-17-20(11-26-19)29-22(24)18-10-28-31(3)21(17)18/h1,5-11,13H,12H2,2-3H3,(H2,24,29). The van der Waals surface area contributed by atoms with Gasteiger partial charge >= 0.3 is 0 Å². The van der Waals surface area contributed by atoms with E-state index >= 15 is 0 Å². The predicted molar refractivity (Wildman–Crippen MR) is 124 cm³/mol. The van der Waals surface area contributed by atoms with Gasteiger partial charge in [0.25, 0.3) is 5.91 Å². The molecule has 0 saturated heterocycles. The van der Waals surface area contributed by atoms with Crippen LogP contribution in [0.4, 0.5) is 11.5 Å². The van der Waals surface area contributed by atoms with Crippen LogP contribution in [0.2, 0.25) is 0 Å². The van der Waals surface area contributed by atoms with Crippen LogP contribution in [0.3, 0.4) is 0 Å². The van der Waals surface area contributed by atoms with Gasteiger partial charge in [-0.2, -0.15) is 10.2 Å². The molecular weight excluding hydrogens is 418 g/mol. The molecule has 0 unspecified atom stereocenters. The molecule has 2 N–H and O–H groups in total. The second kappa shape index (κ2) is 7.72. The van der Waals surface area contributed by atoms with Crippen LogP contribution in [-0.2, 0) is 20.6 Å². The number of aromatic nitrogens is 7. The Morgan fingerprint density at radius 2 is 1.97 bits per heavy atom. The number of carbonyl (C=O) groups is 1. The van der Waals surface area contributed by atoms with Crippen LogP contribution in [-0.4, -0.2) is 40.4 Å². The highest BCUT2D eigenvalue weighted by Gasteiger charge is 2.23. The second-order valence-electron chi connectivity index (χ2n) is 7.56. The molecule has 0 aliphatic carbocycles. The smallest absolute Gasteiger partial charge is 0.277 e. The zero-order valence-corrected chi connectivity index (χ0v) is 18.0. The monoisotopic (exact) mass is 437 g/mol. The van der Waals surface area contributed by atoms with Crippen LogP contribution in [0.15, 0.2) is 49.2 Å². The molecule has 0 aromatic carbocycles. The maximum atomic E-state index is 13.7. The maximum absolute atomic E-state index is 13.7. The number of terminal acetylenes is 1. The van der Waals surface area contributed by atoms with Crippen molar-refractivity contribution in [3.63, 3.8) is 0 Å². The van der Waals surface area contributed by atoms with Gasteiger partial charge in [-0.15, -0.1) is 6.42 Å². The van der Waals surface area contributed by atoms with Crippen LogP contribution in [0, 0.1) is 12.3 Å². The molecule has 10 nitrogen and oxygen atoms in total. The third-order valence-corrected chi connectivity index (χ3v) is 5.37. The molecule has 0 aliphatic heterocycles. The van der Waals surface area contributed by atoms with Gasteiger partial charge in [-0.1, -0.05) is 5.92 Å². The molecule has 5 rings (SSSR count). The van der Waals surface area contributed by atoms with Crippen LogP contribution >= 0.6 is 0 Å². The van der Waals surface area contributed by atoms with Gasteiger partial charge < -0.3 is 5.73 Å². The van der Waals surface area contributed by atoms with Gasteiger partial charge in [0.2, 0.25) is 0 Å². The molecule has 1 amide bonds. The van der Waals surface area contributed by atoms with Gasteiger partial charge in [0.05, 0.1) is 52.9 Å². The number of carbonyl (C=O) groups excluding carboxylic acids is 1. The Bertz CT molecular complexity index is 1560.